The molecule has 136 valence electrons. The normalized spacial score (nSPS) is 21.1. The molecule has 24 heavy (non-hydrogen) atoms. The van der Waals surface area contributed by atoms with Crippen molar-refractivity contribution in [3.8, 4) is 5.75 Å². The molecule has 1 fully saturated rings. The standard InChI is InChI=1S/C13H16F3NO5S2/c1-2-17(10-7-8-23(18,19)9-10)24(20,21)12-5-3-11(4-6-12)22-13(14,15)16/h3-6,10H,2,7-9H2,1H3/t10-/m0/s1. The summed E-state index contributed by atoms with van der Waals surface area (Å²) in [5, 5.41) is 0. The van der Waals surface area contributed by atoms with Gasteiger partial charge in [-0.1, -0.05) is 6.92 Å². The summed E-state index contributed by atoms with van der Waals surface area (Å²) >= 11 is 0. The van der Waals surface area contributed by atoms with Gasteiger partial charge in [0.05, 0.1) is 16.4 Å². The first-order valence-corrected chi connectivity index (χ1v) is 10.3. The molecule has 1 saturated heterocycles. The fourth-order valence-corrected chi connectivity index (χ4v) is 6.06. The average molecular weight is 387 g/mol. The fraction of sp³-hybridized carbons (Fsp3) is 0.538. The molecule has 0 bridgehead atoms. The Morgan fingerprint density at radius 1 is 1.25 bits per heavy atom. The third-order valence-electron chi connectivity index (χ3n) is 3.59. The maximum atomic E-state index is 12.6. The van der Waals surface area contributed by atoms with Gasteiger partial charge in [-0.2, -0.15) is 4.31 Å². The zero-order valence-electron chi connectivity index (χ0n) is 12.7. The van der Waals surface area contributed by atoms with Gasteiger partial charge in [0.15, 0.2) is 9.84 Å². The van der Waals surface area contributed by atoms with Gasteiger partial charge in [0.2, 0.25) is 10.0 Å². The number of hydrogen-bond donors (Lipinski definition) is 0. The highest BCUT2D eigenvalue weighted by Gasteiger charge is 2.38. The van der Waals surface area contributed by atoms with Crippen LogP contribution >= 0.6 is 0 Å². The molecule has 1 aromatic rings. The van der Waals surface area contributed by atoms with Crippen molar-refractivity contribution < 1.29 is 34.7 Å². The van der Waals surface area contributed by atoms with Crippen LogP contribution in [-0.2, 0) is 19.9 Å². The van der Waals surface area contributed by atoms with Gasteiger partial charge in [-0.25, -0.2) is 16.8 Å². The Morgan fingerprint density at radius 3 is 2.25 bits per heavy atom. The highest BCUT2D eigenvalue weighted by Crippen LogP contribution is 2.27. The summed E-state index contributed by atoms with van der Waals surface area (Å²) in [5.41, 5.74) is 0. The van der Waals surface area contributed by atoms with Gasteiger partial charge in [0, 0.05) is 12.6 Å². The molecule has 0 aliphatic carbocycles. The molecule has 1 aromatic carbocycles. The summed E-state index contributed by atoms with van der Waals surface area (Å²) in [6.45, 7) is 1.63. The molecule has 0 unspecified atom stereocenters. The zero-order valence-corrected chi connectivity index (χ0v) is 14.3. The van der Waals surface area contributed by atoms with Gasteiger partial charge in [-0.05, 0) is 30.7 Å². The van der Waals surface area contributed by atoms with Crippen molar-refractivity contribution in [2.24, 2.45) is 0 Å². The van der Waals surface area contributed by atoms with E-state index in [-0.39, 0.29) is 29.4 Å². The molecular formula is C13H16F3NO5S2. The minimum atomic E-state index is -4.87. The van der Waals surface area contributed by atoms with Crippen LogP contribution in [0.4, 0.5) is 13.2 Å². The Hall–Kier alpha value is -1.33. The van der Waals surface area contributed by atoms with Gasteiger partial charge < -0.3 is 4.74 Å². The number of benzene rings is 1. The van der Waals surface area contributed by atoms with Crippen LogP contribution in [0.15, 0.2) is 29.2 Å². The number of hydrogen-bond acceptors (Lipinski definition) is 5. The van der Waals surface area contributed by atoms with Crippen molar-refractivity contribution in [3.63, 3.8) is 0 Å². The largest absolute Gasteiger partial charge is 0.573 e. The van der Waals surface area contributed by atoms with E-state index < -0.39 is 38.0 Å². The van der Waals surface area contributed by atoms with Crippen LogP contribution in [0, 0.1) is 0 Å². The van der Waals surface area contributed by atoms with E-state index in [9.17, 15) is 30.0 Å². The van der Waals surface area contributed by atoms with Crippen molar-refractivity contribution >= 4 is 19.9 Å². The van der Waals surface area contributed by atoms with Crippen LogP contribution in [0.5, 0.6) is 5.75 Å². The van der Waals surface area contributed by atoms with Crippen molar-refractivity contribution in [1.29, 1.82) is 0 Å². The topological polar surface area (TPSA) is 80.8 Å². The van der Waals surface area contributed by atoms with Crippen LogP contribution in [0.1, 0.15) is 13.3 Å². The quantitative estimate of drug-likeness (QED) is 0.769. The summed E-state index contributed by atoms with van der Waals surface area (Å²) in [4.78, 5) is -0.219. The lowest BCUT2D eigenvalue weighted by Crippen LogP contribution is -2.40. The zero-order chi connectivity index (χ0) is 18.2. The van der Waals surface area contributed by atoms with E-state index in [1.165, 1.54) is 0 Å². The van der Waals surface area contributed by atoms with E-state index in [1.54, 1.807) is 6.92 Å². The maximum Gasteiger partial charge on any atom is 0.573 e. The summed E-state index contributed by atoms with van der Waals surface area (Å²) in [5.74, 6) is -0.870. The SMILES string of the molecule is CCN([C@H]1CCS(=O)(=O)C1)S(=O)(=O)c1ccc(OC(F)(F)F)cc1. The highest BCUT2D eigenvalue weighted by molar-refractivity contribution is 7.92. The second kappa shape index (κ2) is 6.52. The van der Waals surface area contributed by atoms with E-state index in [4.69, 9.17) is 0 Å². The van der Waals surface area contributed by atoms with Crippen molar-refractivity contribution in [2.75, 3.05) is 18.1 Å². The summed E-state index contributed by atoms with van der Waals surface area (Å²) in [6.07, 6.45) is -4.67. The van der Waals surface area contributed by atoms with Gasteiger partial charge in [-0.15, -0.1) is 13.2 Å². The Morgan fingerprint density at radius 2 is 1.83 bits per heavy atom. The smallest absolute Gasteiger partial charge is 0.406 e. The lowest BCUT2D eigenvalue weighted by Gasteiger charge is -2.26. The Bertz CT molecular complexity index is 788. The van der Waals surface area contributed by atoms with Gasteiger partial charge in [-0.3, -0.25) is 0 Å². The van der Waals surface area contributed by atoms with Gasteiger partial charge in [0.1, 0.15) is 5.75 Å². The van der Waals surface area contributed by atoms with Crippen molar-refractivity contribution in [1.82, 2.24) is 4.31 Å². The molecule has 0 saturated carbocycles. The first-order chi connectivity index (χ1) is 10.9. The van der Waals surface area contributed by atoms with Crippen LogP contribution in [0.3, 0.4) is 0 Å². The first kappa shape index (κ1) is 19.0. The predicted molar refractivity (Wildman–Crippen MR) is 79.7 cm³/mol. The van der Waals surface area contributed by atoms with Crippen molar-refractivity contribution in [2.45, 2.75) is 30.6 Å². The van der Waals surface area contributed by atoms with E-state index in [0.29, 0.717) is 0 Å². The molecule has 0 amide bonds. The van der Waals surface area contributed by atoms with Crippen LogP contribution in [0.25, 0.3) is 0 Å². The Balaban J connectivity index is 2.25. The minimum Gasteiger partial charge on any atom is -0.406 e. The number of rotatable bonds is 5. The fourth-order valence-electron chi connectivity index (χ4n) is 2.58. The monoisotopic (exact) mass is 387 g/mol. The van der Waals surface area contributed by atoms with Gasteiger partial charge >= 0.3 is 6.36 Å². The maximum absolute atomic E-state index is 12.6. The predicted octanol–water partition coefficient (Wildman–Crippen LogP) is 1.78. The Kier molecular flexibility index (Phi) is 5.17. The number of halogens is 3. The summed E-state index contributed by atoms with van der Waals surface area (Å²) < 4.78 is 89.5. The second-order valence-electron chi connectivity index (χ2n) is 5.28. The number of nitrogens with zero attached hydrogens (tertiary/aromatic N) is 1. The number of sulfonamides is 1. The van der Waals surface area contributed by atoms with E-state index in [0.717, 1.165) is 28.6 Å². The molecule has 1 aliphatic rings. The Labute approximate surface area is 138 Å². The molecule has 1 aliphatic heterocycles. The lowest BCUT2D eigenvalue weighted by molar-refractivity contribution is -0.274. The minimum absolute atomic E-state index is 0.0589. The molecule has 0 aromatic heterocycles. The average Bonchev–Trinajstić information content (AvgIpc) is 2.78. The van der Waals surface area contributed by atoms with Crippen LogP contribution in [-0.4, -0.2) is 51.6 Å². The summed E-state index contributed by atoms with van der Waals surface area (Å²) in [6, 6.07) is 3.14. The molecular weight excluding hydrogens is 371 g/mol. The summed E-state index contributed by atoms with van der Waals surface area (Å²) in [7, 11) is -7.28. The third-order valence-corrected chi connectivity index (χ3v) is 7.38. The van der Waals surface area contributed by atoms with E-state index >= 15 is 0 Å². The second-order valence-corrected chi connectivity index (χ2v) is 9.40. The molecule has 1 heterocycles. The number of ether oxygens (including phenoxy) is 1. The molecule has 6 nitrogen and oxygen atoms in total. The van der Waals surface area contributed by atoms with E-state index in [2.05, 4.69) is 4.74 Å². The van der Waals surface area contributed by atoms with E-state index in [1.807, 2.05) is 0 Å². The van der Waals surface area contributed by atoms with Gasteiger partial charge in [0.25, 0.3) is 0 Å². The lowest BCUT2D eigenvalue weighted by atomic mass is 10.3. The number of sulfone groups is 1. The van der Waals surface area contributed by atoms with Crippen molar-refractivity contribution in [3.05, 3.63) is 24.3 Å². The van der Waals surface area contributed by atoms with Crippen LogP contribution in [0.2, 0.25) is 0 Å². The molecule has 0 spiro atoms. The molecule has 0 N–H and O–H groups in total. The molecule has 1 atom stereocenters. The van der Waals surface area contributed by atoms with Crippen LogP contribution < -0.4 is 4.74 Å². The molecule has 0 radical (unpaired) electrons. The number of alkyl halides is 3. The first-order valence-electron chi connectivity index (χ1n) is 7.03. The molecule has 2 rings (SSSR count). The highest BCUT2D eigenvalue weighted by atomic mass is 32.2. The molecule has 11 heteroatoms. The third kappa shape index (κ3) is 4.39.